The summed E-state index contributed by atoms with van der Waals surface area (Å²) in [6.45, 7) is 3.92. The Labute approximate surface area is 112 Å². The fourth-order valence-corrected chi connectivity index (χ4v) is 2.20. The van der Waals surface area contributed by atoms with Crippen LogP contribution in [0.1, 0.15) is 32.2 Å². The van der Waals surface area contributed by atoms with Crippen LogP contribution in [0.25, 0.3) is 0 Å². The molecule has 1 aromatic rings. The number of hydrogen-bond donors (Lipinski definition) is 1. The van der Waals surface area contributed by atoms with Gasteiger partial charge in [-0.05, 0) is 19.8 Å². The second kappa shape index (κ2) is 6.36. The van der Waals surface area contributed by atoms with E-state index >= 15 is 0 Å². The topological polar surface area (TPSA) is 67.2 Å². The van der Waals surface area contributed by atoms with Gasteiger partial charge in [-0.15, -0.1) is 0 Å². The zero-order valence-electron chi connectivity index (χ0n) is 11.2. The number of carbonyl (C=O) groups excluding carboxylic acids is 2. The summed E-state index contributed by atoms with van der Waals surface area (Å²) in [7, 11) is 0. The Morgan fingerprint density at radius 1 is 1.37 bits per heavy atom. The standard InChI is InChI=1S/C13H20N4O2/c1-11(17-9-6-14-10-17)13(19)15-5-4-12(18)16-7-2-3-8-16/h6,9-11H,2-5,7-8H2,1H3,(H,15,19)/t11-/m0/s1. The predicted molar refractivity (Wildman–Crippen MR) is 70.4 cm³/mol. The number of likely N-dealkylation sites (tertiary alicyclic amines) is 1. The molecule has 2 amide bonds. The van der Waals surface area contributed by atoms with E-state index in [4.69, 9.17) is 0 Å². The molecule has 0 aliphatic carbocycles. The number of hydrogen-bond acceptors (Lipinski definition) is 3. The van der Waals surface area contributed by atoms with Crippen molar-refractivity contribution in [1.82, 2.24) is 19.8 Å². The summed E-state index contributed by atoms with van der Waals surface area (Å²) in [6, 6.07) is -0.301. The molecule has 0 saturated carbocycles. The predicted octanol–water partition coefficient (Wildman–Crippen LogP) is 0.573. The summed E-state index contributed by atoms with van der Waals surface area (Å²) in [4.78, 5) is 29.4. The molecule has 0 spiro atoms. The van der Waals surface area contributed by atoms with Crippen molar-refractivity contribution in [1.29, 1.82) is 0 Å². The van der Waals surface area contributed by atoms with E-state index in [9.17, 15) is 9.59 Å². The molecule has 104 valence electrons. The first-order valence-electron chi connectivity index (χ1n) is 6.71. The van der Waals surface area contributed by atoms with Gasteiger partial charge < -0.3 is 14.8 Å². The highest BCUT2D eigenvalue weighted by atomic mass is 16.2. The number of nitrogens with one attached hydrogen (secondary N) is 1. The van der Waals surface area contributed by atoms with Crippen molar-refractivity contribution in [2.45, 2.75) is 32.2 Å². The van der Waals surface area contributed by atoms with Gasteiger partial charge in [0.1, 0.15) is 6.04 Å². The average Bonchev–Trinajstić information content (AvgIpc) is 3.10. The van der Waals surface area contributed by atoms with Gasteiger partial charge in [0.05, 0.1) is 6.33 Å². The van der Waals surface area contributed by atoms with Gasteiger partial charge in [0, 0.05) is 38.4 Å². The number of imidazole rings is 1. The second-order valence-corrected chi connectivity index (χ2v) is 4.81. The van der Waals surface area contributed by atoms with Gasteiger partial charge in [0.15, 0.2) is 0 Å². The number of aromatic nitrogens is 2. The molecule has 1 aliphatic heterocycles. The van der Waals surface area contributed by atoms with E-state index in [-0.39, 0.29) is 17.9 Å². The fourth-order valence-electron chi connectivity index (χ4n) is 2.20. The molecule has 0 bridgehead atoms. The Balaban J connectivity index is 1.70. The van der Waals surface area contributed by atoms with Crippen molar-refractivity contribution >= 4 is 11.8 Å². The average molecular weight is 264 g/mol. The third kappa shape index (κ3) is 3.56. The maximum absolute atomic E-state index is 11.9. The van der Waals surface area contributed by atoms with Crippen molar-refractivity contribution in [3.8, 4) is 0 Å². The van der Waals surface area contributed by atoms with E-state index in [1.807, 2.05) is 4.90 Å². The first-order valence-corrected chi connectivity index (χ1v) is 6.71. The van der Waals surface area contributed by atoms with Gasteiger partial charge in [0.25, 0.3) is 0 Å². The first kappa shape index (κ1) is 13.6. The van der Waals surface area contributed by atoms with Crippen LogP contribution in [0.2, 0.25) is 0 Å². The Hall–Kier alpha value is -1.85. The normalized spacial score (nSPS) is 16.4. The Bertz CT molecular complexity index is 424. The summed E-state index contributed by atoms with van der Waals surface area (Å²) in [6.07, 6.45) is 7.56. The zero-order valence-corrected chi connectivity index (χ0v) is 11.2. The lowest BCUT2D eigenvalue weighted by Crippen LogP contribution is -2.35. The molecule has 6 nitrogen and oxygen atoms in total. The molecule has 2 heterocycles. The second-order valence-electron chi connectivity index (χ2n) is 4.81. The maximum Gasteiger partial charge on any atom is 0.242 e. The van der Waals surface area contributed by atoms with Gasteiger partial charge in [0.2, 0.25) is 11.8 Å². The lowest BCUT2D eigenvalue weighted by Gasteiger charge is -2.16. The molecular formula is C13H20N4O2. The number of rotatable bonds is 5. The molecule has 6 heteroatoms. The van der Waals surface area contributed by atoms with Crippen LogP contribution in [-0.4, -0.2) is 45.9 Å². The van der Waals surface area contributed by atoms with E-state index in [0.717, 1.165) is 25.9 Å². The fraction of sp³-hybridized carbons (Fsp3) is 0.615. The molecule has 1 N–H and O–H groups in total. The lowest BCUT2D eigenvalue weighted by atomic mass is 10.3. The van der Waals surface area contributed by atoms with Crippen molar-refractivity contribution in [2.24, 2.45) is 0 Å². The monoisotopic (exact) mass is 264 g/mol. The zero-order chi connectivity index (χ0) is 13.7. The van der Waals surface area contributed by atoms with E-state index in [1.165, 1.54) is 0 Å². The number of amides is 2. The van der Waals surface area contributed by atoms with Crippen molar-refractivity contribution < 1.29 is 9.59 Å². The van der Waals surface area contributed by atoms with E-state index in [1.54, 1.807) is 30.2 Å². The third-order valence-corrected chi connectivity index (χ3v) is 3.45. The van der Waals surface area contributed by atoms with Crippen LogP contribution < -0.4 is 5.32 Å². The van der Waals surface area contributed by atoms with Crippen LogP contribution in [0.4, 0.5) is 0 Å². The van der Waals surface area contributed by atoms with E-state index in [0.29, 0.717) is 13.0 Å². The minimum atomic E-state index is -0.301. The molecule has 0 radical (unpaired) electrons. The first-order chi connectivity index (χ1) is 9.18. The molecule has 2 rings (SSSR count). The highest BCUT2D eigenvalue weighted by Gasteiger charge is 2.18. The number of carbonyl (C=O) groups is 2. The van der Waals surface area contributed by atoms with Crippen LogP contribution in [0.3, 0.4) is 0 Å². The summed E-state index contributed by atoms with van der Waals surface area (Å²) in [5, 5.41) is 2.79. The van der Waals surface area contributed by atoms with Crippen LogP contribution in [0.15, 0.2) is 18.7 Å². The molecule has 0 unspecified atom stereocenters. The van der Waals surface area contributed by atoms with Gasteiger partial charge >= 0.3 is 0 Å². The van der Waals surface area contributed by atoms with Gasteiger partial charge in [-0.2, -0.15) is 0 Å². The largest absolute Gasteiger partial charge is 0.354 e. The smallest absolute Gasteiger partial charge is 0.242 e. The summed E-state index contributed by atoms with van der Waals surface area (Å²) in [5.41, 5.74) is 0. The quantitative estimate of drug-likeness (QED) is 0.845. The van der Waals surface area contributed by atoms with Crippen molar-refractivity contribution in [2.75, 3.05) is 19.6 Å². The Morgan fingerprint density at radius 2 is 2.11 bits per heavy atom. The third-order valence-electron chi connectivity index (χ3n) is 3.45. The molecular weight excluding hydrogens is 244 g/mol. The molecule has 1 atom stereocenters. The summed E-state index contributed by atoms with van der Waals surface area (Å²) in [5.74, 6) is 0.0419. The molecule has 1 aromatic heterocycles. The summed E-state index contributed by atoms with van der Waals surface area (Å²) < 4.78 is 1.73. The lowest BCUT2D eigenvalue weighted by molar-refractivity contribution is -0.130. The Kier molecular flexibility index (Phi) is 4.54. The van der Waals surface area contributed by atoms with Gasteiger partial charge in [-0.25, -0.2) is 4.98 Å². The SMILES string of the molecule is C[C@@H](C(=O)NCCC(=O)N1CCCC1)n1ccnc1. The highest BCUT2D eigenvalue weighted by molar-refractivity contribution is 5.81. The number of nitrogens with zero attached hydrogens (tertiary/aromatic N) is 3. The minimum Gasteiger partial charge on any atom is -0.354 e. The van der Waals surface area contributed by atoms with E-state index in [2.05, 4.69) is 10.3 Å². The van der Waals surface area contributed by atoms with Crippen LogP contribution in [0, 0.1) is 0 Å². The van der Waals surface area contributed by atoms with Crippen LogP contribution >= 0.6 is 0 Å². The molecule has 0 aromatic carbocycles. The highest BCUT2D eigenvalue weighted by Crippen LogP contribution is 2.08. The Morgan fingerprint density at radius 3 is 2.74 bits per heavy atom. The molecule has 19 heavy (non-hydrogen) atoms. The van der Waals surface area contributed by atoms with Crippen molar-refractivity contribution in [3.63, 3.8) is 0 Å². The van der Waals surface area contributed by atoms with Gasteiger partial charge in [-0.1, -0.05) is 0 Å². The van der Waals surface area contributed by atoms with Crippen LogP contribution in [-0.2, 0) is 9.59 Å². The molecule has 1 fully saturated rings. The van der Waals surface area contributed by atoms with Gasteiger partial charge in [-0.3, -0.25) is 9.59 Å². The van der Waals surface area contributed by atoms with E-state index < -0.39 is 0 Å². The molecule has 1 saturated heterocycles. The van der Waals surface area contributed by atoms with Crippen LogP contribution in [0.5, 0.6) is 0 Å². The summed E-state index contributed by atoms with van der Waals surface area (Å²) >= 11 is 0. The van der Waals surface area contributed by atoms with Crippen molar-refractivity contribution in [3.05, 3.63) is 18.7 Å². The minimum absolute atomic E-state index is 0.0905. The molecule has 1 aliphatic rings. The maximum atomic E-state index is 11.9.